The minimum Gasteiger partial charge on any atom is -0.508 e. The number of nitrogens with one attached hydrogen (secondary N) is 1. The molecule has 1 spiro atoms. The van der Waals surface area contributed by atoms with E-state index in [0.29, 0.717) is 56.2 Å². The summed E-state index contributed by atoms with van der Waals surface area (Å²) < 4.78 is 19.8. The van der Waals surface area contributed by atoms with Crippen LogP contribution in [0, 0.1) is 5.92 Å². The molecule has 4 aromatic rings. The number of hydrogen-bond acceptors (Lipinski definition) is 9. The Kier molecular flexibility index (Phi) is 9.42. The number of carbonyl (C=O) groups excluding carboxylic acids is 2. The molecule has 6 aliphatic heterocycles. The Morgan fingerprint density at radius 1 is 0.797 bits per heavy atom. The van der Waals surface area contributed by atoms with Gasteiger partial charge in [0.25, 0.3) is 0 Å². The Morgan fingerprint density at radius 2 is 1.61 bits per heavy atom. The normalized spacial score (nSPS) is 28.7. The number of phenolic OH excluding ortho intramolecular Hbond substituents is 1. The number of anilines is 2. The fourth-order valence-corrected chi connectivity index (χ4v) is 11.7. The van der Waals surface area contributed by atoms with Crippen LogP contribution in [0.4, 0.5) is 11.4 Å². The molecule has 10 heteroatoms. The van der Waals surface area contributed by atoms with Gasteiger partial charge < -0.3 is 29.1 Å². The van der Waals surface area contributed by atoms with E-state index in [0.717, 1.165) is 76.9 Å². The summed E-state index contributed by atoms with van der Waals surface area (Å²) >= 11 is 0. The quantitative estimate of drug-likeness (QED) is 0.197. The van der Waals surface area contributed by atoms with Gasteiger partial charge in [-0.25, -0.2) is 0 Å². The van der Waals surface area contributed by atoms with Gasteiger partial charge >= 0.3 is 0 Å². The molecule has 0 radical (unpaired) electrons. The summed E-state index contributed by atoms with van der Waals surface area (Å²) in [4.78, 5) is 31.6. The number of aryl methyl sites for hydroxylation is 1. The summed E-state index contributed by atoms with van der Waals surface area (Å²) in [6.07, 6.45) is 8.06. The molecule has 2 amide bonds. The number of ether oxygens (including phenoxy) is 3. The maximum atomic E-state index is 12.6. The lowest BCUT2D eigenvalue weighted by molar-refractivity contribution is -0.181. The second-order valence-electron chi connectivity index (χ2n) is 18.2. The highest BCUT2D eigenvalue weighted by Crippen LogP contribution is 2.48. The first-order valence-electron chi connectivity index (χ1n) is 22.0. The number of hydrogen-bond donors (Lipinski definition) is 2. The molecule has 4 saturated heterocycles. The number of amides is 2. The van der Waals surface area contributed by atoms with Gasteiger partial charge in [0.15, 0.2) is 5.79 Å². The Labute approximate surface area is 346 Å². The summed E-state index contributed by atoms with van der Waals surface area (Å²) in [5.41, 5.74) is 10.2. The third-order valence-corrected chi connectivity index (χ3v) is 14.7. The monoisotopic (exact) mass is 794 g/mol. The van der Waals surface area contributed by atoms with Crippen LogP contribution in [-0.4, -0.2) is 78.6 Å². The molecule has 0 bridgehead atoms. The van der Waals surface area contributed by atoms with Crippen molar-refractivity contribution in [2.75, 3.05) is 42.6 Å². The van der Waals surface area contributed by atoms with E-state index < -0.39 is 5.79 Å². The van der Waals surface area contributed by atoms with E-state index in [1.165, 1.54) is 44.8 Å². The van der Waals surface area contributed by atoms with Crippen LogP contribution in [0.25, 0.3) is 0 Å². The van der Waals surface area contributed by atoms with E-state index in [-0.39, 0.29) is 29.9 Å². The van der Waals surface area contributed by atoms with Gasteiger partial charge in [0.05, 0.1) is 30.5 Å². The van der Waals surface area contributed by atoms with Gasteiger partial charge in [0.2, 0.25) is 11.8 Å². The van der Waals surface area contributed by atoms with Gasteiger partial charge in [-0.2, -0.15) is 0 Å². The second kappa shape index (κ2) is 15.0. The lowest BCUT2D eigenvalue weighted by atomic mass is 9.69. The fourth-order valence-electron chi connectivity index (χ4n) is 11.7. The molecule has 4 aromatic carbocycles. The van der Waals surface area contributed by atoms with Gasteiger partial charge in [-0.05, 0) is 120 Å². The number of piperidine rings is 3. The van der Waals surface area contributed by atoms with Gasteiger partial charge in [0.1, 0.15) is 18.1 Å². The molecular formula is C49H54N4O6. The third kappa shape index (κ3) is 6.96. The van der Waals surface area contributed by atoms with Crippen molar-refractivity contribution in [3.8, 4) is 11.5 Å². The standard InChI is InChI=1S/C49H54N4O6/c54-39-11-13-42-34(24-39)8-12-41(32-4-2-1-3-5-32)47(42)33-6-9-37(10-7-33)51-20-17-49(18-21-51)58-30-40(59-49)23-31-16-19-53-38(22-31)29-57-45-26-36-28-52(27-35(36)25-44(45)53)43-14-15-46(55)50-48(43)56/h1-7,9-11,13,24-26,31,38,40-41,43,47,54H,8,12,14-23,27-30H2,(H,50,55,56)/t31?,38-,40?,41+,43?,47-/m0/s1. The fraction of sp³-hybridized carbons (Fsp3) is 0.469. The molecule has 4 fully saturated rings. The lowest BCUT2D eigenvalue weighted by Gasteiger charge is -2.45. The minimum absolute atomic E-state index is 0.119. The highest BCUT2D eigenvalue weighted by Gasteiger charge is 2.46. The molecule has 1 aliphatic carbocycles. The largest absolute Gasteiger partial charge is 0.508 e. The maximum absolute atomic E-state index is 12.6. The summed E-state index contributed by atoms with van der Waals surface area (Å²) in [6.45, 7) is 5.58. The van der Waals surface area contributed by atoms with E-state index in [4.69, 9.17) is 14.2 Å². The lowest BCUT2D eigenvalue weighted by Crippen LogP contribution is -2.50. The average molecular weight is 795 g/mol. The Balaban J connectivity index is 0.694. The number of imide groups is 1. The Morgan fingerprint density at radius 3 is 2.42 bits per heavy atom. The van der Waals surface area contributed by atoms with Crippen molar-refractivity contribution in [2.45, 2.75) is 107 Å². The molecule has 3 unspecified atom stereocenters. The third-order valence-electron chi connectivity index (χ3n) is 14.7. The van der Waals surface area contributed by atoms with E-state index in [1.807, 2.05) is 12.1 Å². The average Bonchev–Trinajstić information content (AvgIpc) is 3.86. The molecule has 306 valence electrons. The van der Waals surface area contributed by atoms with E-state index in [1.54, 1.807) is 0 Å². The molecule has 59 heavy (non-hydrogen) atoms. The Bertz CT molecular complexity index is 2240. The number of carbonyl (C=O) groups is 2. The van der Waals surface area contributed by atoms with E-state index in [2.05, 4.69) is 92.8 Å². The highest BCUT2D eigenvalue weighted by molar-refractivity contribution is 6.00. The predicted molar refractivity (Wildman–Crippen MR) is 225 cm³/mol. The zero-order valence-electron chi connectivity index (χ0n) is 33.7. The zero-order valence-corrected chi connectivity index (χ0v) is 33.7. The molecule has 0 aromatic heterocycles. The van der Waals surface area contributed by atoms with Crippen molar-refractivity contribution in [1.82, 2.24) is 10.2 Å². The number of phenols is 1. The molecule has 6 heterocycles. The molecule has 2 N–H and O–H groups in total. The molecule has 7 aliphatic rings. The highest BCUT2D eigenvalue weighted by atomic mass is 16.7. The van der Waals surface area contributed by atoms with Crippen LogP contribution in [0.5, 0.6) is 11.5 Å². The number of fused-ring (bicyclic) bond motifs is 5. The van der Waals surface area contributed by atoms with Crippen molar-refractivity contribution in [1.29, 1.82) is 0 Å². The van der Waals surface area contributed by atoms with Crippen LogP contribution < -0.4 is 19.9 Å². The molecule has 0 saturated carbocycles. The molecule has 10 nitrogen and oxygen atoms in total. The summed E-state index contributed by atoms with van der Waals surface area (Å²) in [6, 6.07) is 30.7. The number of nitrogens with zero attached hydrogens (tertiary/aromatic N) is 3. The smallest absolute Gasteiger partial charge is 0.243 e. The first-order valence-corrected chi connectivity index (χ1v) is 22.0. The number of rotatable bonds is 6. The maximum Gasteiger partial charge on any atom is 0.243 e. The first kappa shape index (κ1) is 37.1. The van der Waals surface area contributed by atoms with E-state index in [9.17, 15) is 14.7 Å². The molecular weight excluding hydrogens is 741 g/mol. The second-order valence-corrected chi connectivity index (χ2v) is 18.2. The zero-order chi connectivity index (χ0) is 39.7. The summed E-state index contributed by atoms with van der Waals surface area (Å²) in [5.74, 6) is 1.66. The number of benzene rings is 4. The van der Waals surface area contributed by atoms with Crippen LogP contribution in [0.1, 0.15) is 96.6 Å². The van der Waals surface area contributed by atoms with Gasteiger partial charge in [-0.15, -0.1) is 0 Å². The van der Waals surface area contributed by atoms with Crippen LogP contribution in [0.15, 0.2) is 84.9 Å². The van der Waals surface area contributed by atoms with Crippen LogP contribution in [-0.2, 0) is 38.6 Å². The number of aromatic hydroxyl groups is 1. The van der Waals surface area contributed by atoms with Crippen LogP contribution in [0.2, 0.25) is 0 Å². The van der Waals surface area contributed by atoms with Gasteiger partial charge in [-0.3, -0.25) is 19.8 Å². The van der Waals surface area contributed by atoms with Gasteiger partial charge in [-0.1, -0.05) is 48.5 Å². The van der Waals surface area contributed by atoms with Crippen molar-refractivity contribution < 1.29 is 28.9 Å². The van der Waals surface area contributed by atoms with Crippen LogP contribution in [0.3, 0.4) is 0 Å². The summed E-state index contributed by atoms with van der Waals surface area (Å²) in [5, 5.41) is 12.8. The minimum atomic E-state index is -0.489. The van der Waals surface area contributed by atoms with Crippen LogP contribution >= 0.6 is 0 Å². The van der Waals surface area contributed by atoms with E-state index >= 15 is 0 Å². The first-order chi connectivity index (χ1) is 28.8. The SMILES string of the molecule is O=C1CCC(N2Cc3cc4c(cc3C2)N2CCC(CC3COC5(CCN(c6ccc([C@@H]7c8ccc(O)cc8CC[C@@H]7c7ccccc7)cc6)CC5)O3)C[C@H]2CO4)C(=O)N1. The van der Waals surface area contributed by atoms with Gasteiger partial charge in [0, 0.05) is 63.6 Å². The molecule has 11 rings (SSSR count). The Hall–Kier alpha value is -4.90. The van der Waals surface area contributed by atoms with Crippen molar-refractivity contribution in [3.63, 3.8) is 0 Å². The van der Waals surface area contributed by atoms with Crippen molar-refractivity contribution in [2.24, 2.45) is 5.92 Å². The predicted octanol–water partition coefficient (Wildman–Crippen LogP) is 7.15. The van der Waals surface area contributed by atoms with Crippen molar-refractivity contribution >= 4 is 23.2 Å². The summed E-state index contributed by atoms with van der Waals surface area (Å²) in [7, 11) is 0. The van der Waals surface area contributed by atoms with Crippen molar-refractivity contribution in [3.05, 3.63) is 118 Å². The molecule has 6 atom stereocenters. The topological polar surface area (TPSA) is 104 Å².